The number of hydrogen-bond acceptors (Lipinski definition) is 5. The zero-order chi connectivity index (χ0) is 16.5. The van der Waals surface area contributed by atoms with Gasteiger partial charge in [-0.1, -0.05) is 30.3 Å². The van der Waals surface area contributed by atoms with Gasteiger partial charge in [-0.3, -0.25) is 9.59 Å². The molecule has 0 saturated heterocycles. The van der Waals surface area contributed by atoms with E-state index in [1.807, 2.05) is 18.2 Å². The third kappa shape index (κ3) is 5.82. The summed E-state index contributed by atoms with van der Waals surface area (Å²) in [6.45, 7) is -0.0305. The number of para-hydroxylation sites is 1. The molecule has 0 aliphatic carbocycles. The van der Waals surface area contributed by atoms with Gasteiger partial charge in [-0.25, -0.2) is 0 Å². The minimum atomic E-state index is -0.567. The lowest BCUT2D eigenvalue weighted by molar-refractivity contribution is -0.147. The molecule has 0 aliphatic heterocycles. The molecular weight excluding hydrogens is 296 g/mol. The van der Waals surface area contributed by atoms with Crippen molar-refractivity contribution in [3.63, 3.8) is 0 Å². The van der Waals surface area contributed by atoms with Gasteiger partial charge in [0, 0.05) is 0 Å². The molecule has 0 aromatic heterocycles. The van der Waals surface area contributed by atoms with Crippen LogP contribution in [-0.2, 0) is 20.9 Å². The van der Waals surface area contributed by atoms with Crippen LogP contribution in [0.25, 0.3) is 0 Å². The zero-order valence-corrected chi connectivity index (χ0v) is 12.9. The van der Waals surface area contributed by atoms with Crippen LogP contribution in [0.4, 0.5) is 0 Å². The summed E-state index contributed by atoms with van der Waals surface area (Å²) in [5, 5.41) is 0. The van der Waals surface area contributed by atoms with Gasteiger partial charge in [0.2, 0.25) is 0 Å². The van der Waals surface area contributed by atoms with E-state index in [0.717, 1.165) is 11.3 Å². The maximum atomic E-state index is 11.7. The van der Waals surface area contributed by atoms with E-state index < -0.39 is 5.97 Å². The van der Waals surface area contributed by atoms with E-state index in [4.69, 9.17) is 14.2 Å². The molecule has 0 unspecified atom stereocenters. The Kier molecular flexibility index (Phi) is 6.17. The van der Waals surface area contributed by atoms with Crippen LogP contribution in [0, 0.1) is 0 Å². The van der Waals surface area contributed by atoms with Crippen molar-refractivity contribution in [2.45, 2.75) is 13.0 Å². The highest BCUT2D eigenvalue weighted by Crippen LogP contribution is 2.12. The number of benzene rings is 2. The van der Waals surface area contributed by atoms with Crippen molar-refractivity contribution in [3.8, 4) is 11.5 Å². The van der Waals surface area contributed by atoms with Gasteiger partial charge in [0.25, 0.3) is 0 Å². The maximum absolute atomic E-state index is 11.7. The minimum Gasteiger partial charge on any atom is -0.497 e. The van der Waals surface area contributed by atoms with Crippen molar-refractivity contribution in [3.05, 3.63) is 60.2 Å². The molecule has 2 aromatic carbocycles. The van der Waals surface area contributed by atoms with Gasteiger partial charge in [0.15, 0.2) is 5.78 Å². The van der Waals surface area contributed by atoms with Gasteiger partial charge in [0.1, 0.15) is 31.1 Å². The predicted molar refractivity (Wildman–Crippen MR) is 84.4 cm³/mol. The van der Waals surface area contributed by atoms with Crippen molar-refractivity contribution in [1.82, 2.24) is 0 Å². The van der Waals surface area contributed by atoms with E-state index >= 15 is 0 Å². The van der Waals surface area contributed by atoms with E-state index in [2.05, 4.69) is 0 Å². The topological polar surface area (TPSA) is 61.8 Å². The summed E-state index contributed by atoms with van der Waals surface area (Å²) in [5.74, 6) is 0.428. The van der Waals surface area contributed by atoms with E-state index in [0.29, 0.717) is 5.75 Å². The van der Waals surface area contributed by atoms with E-state index in [1.54, 1.807) is 43.5 Å². The first-order valence-corrected chi connectivity index (χ1v) is 7.15. The molecule has 0 aliphatic rings. The highest BCUT2D eigenvalue weighted by atomic mass is 16.5. The van der Waals surface area contributed by atoms with Gasteiger partial charge in [-0.05, 0) is 29.8 Å². The van der Waals surface area contributed by atoms with Crippen LogP contribution >= 0.6 is 0 Å². The highest BCUT2D eigenvalue weighted by molar-refractivity contribution is 5.96. The van der Waals surface area contributed by atoms with E-state index in [1.165, 1.54) is 0 Å². The van der Waals surface area contributed by atoms with Crippen LogP contribution in [-0.4, -0.2) is 25.5 Å². The van der Waals surface area contributed by atoms with Crippen molar-refractivity contribution in [1.29, 1.82) is 0 Å². The molecule has 23 heavy (non-hydrogen) atoms. The highest BCUT2D eigenvalue weighted by Gasteiger charge is 2.12. The fourth-order valence-electron chi connectivity index (χ4n) is 1.83. The number of methoxy groups -OCH3 is 1. The van der Waals surface area contributed by atoms with Crippen molar-refractivity contribution in [2.75, 3.05) is 13.7 Å². The number of carbonyl (C=O) groups is 2. The summed E-state index contributed by atoms with van der Waals surface area (Å²) in [7, 11) is 1.58. The molecule has 0 saturated carbocycles. The first-order valence-electron chi connectivity index (χ1n) is 7.15. The summed E-state index contributed by atoms with van der Waals surface area (Å²) in [6.07, 6.45) is -0.303. The Balaban J connectivity index is 1.70. The number of esters is 1. The Morgan fingerprint density at radius 2 is 1.61 bits per heavy atom. The summed E-state index contributed by atoms with van der Waals surface area (Å²) < 4.78 is 15.4. The maximum Gasteiger partial charge on any atom is 0.313 e. The summed E-state index contributed by atoms with van der Waals surface area (Å²) in [5.41, 5.74) is 0.826. The lowest BCUT2D eigenvalue weighted by Crippen LogP contribution is -2.17. The Labute approximate surface area is 134 Å². The Bertz CT molecular complexity index is 634. The van der Waals surface area contributed by atoms with Gasteiger partial charge in [0.05, 0.1) is 7.11 Å². The lowest BCUT2D eigenvalue weighted by atomic mass is 10.2. The van der Waals surface area contributed by atoms with E-state index in [9.17, 15) is 9.59 Å². The van der Waals surface area contributed by atoms with Crippen LogP contribution in [0.3, 0.4) is 0 Å². The van der Waals surface area contributed by atoms with Crippen LogP contribution in [0.5, 0.6) is 11.5 Å². The molecule has 0 heterocycles. The van der Waals surface area contributed by atoms with Crippen LogP contribution in [0.1, 0.15) is 12.0 Å². The molecule has 5 nitrogen and oxygen atoms in total. The molecule has 120 valence electrons. The normalized spacial score (nSPS) is 9.96. The Morgan fingerprint density at radius 1 is 0.913 bits per heavy atom. The van der Waals surface area contributed by atoms with Crippen LogP contribution < -0.4 is 9.47 Å². The van der Waals surface area contributed by atoms with Crippen molar-refractivity contribution < 1.29 is 23.8 Å². The smallest absolute Gasteiger partial charge is 0.313 e. The first-order chi connectivity index (χ1) is 11.2. The fourth-order valence-corrected chi connectivity index (χ4v) is 1.83. The molecule has 0 atom stereocenters. The fraction of sp³-hybridized carbons (Fsp3) is 0.222. The second-order valence-electron chi connectivity index (χ2n) is 4.83. The predicted octanol–water partition coefficient (Wildman–Crippen LogP) is 2.78. The van der Waals surface area contributed by atoms with Crippen molar-refractivity contribution >= 4 is 11.8 Å². The molecule has 0 amide bonds. The number of carbonyl (C=O) groups excluding carboxylic acids is 2. The minimum absolute atomic E-state index is 0.121. The summed E-state index contributed by atoms with van der Waals surface area (Å²) in [4.78, 5) is 23.3. The second kappa shape index (κ2) is 8.58. The quantitative estimate of drug-likeness (QED) is 0.554. The molecule has 0 radical (unpaired) electrons. The molecule has 0 bridgehead atoms. The second-order valence-corrected chi connectivity index (χ2v) is 4.83. The molecular formula is C18H18O5. The van der Waals surface area contributed by atoms with E-state index in [-0.39, 0.29) is 25.4 Å². The molecule has 0 N–H and O–H groups in total. The Morgan fingerprint density at radius 3 is 2.26 bits per heavy atom. The van der Waals surface area contributed by atoms with Gasteiger partial charge >= 0.3 is 5.97 Å². The van der Waals surface area contributed by atoms with Crippen LogP contribution in [0.15, 0.2) is 54.6 Å². The van der Waals surface area contributed by atoms with Gasteiger partial charge in [-0.15, -0.1) is 0 Å². The van der Waals surface area contributed by atoms with Gasteiger partial charge < -0.3 is 14.2 Å². The molecule has 0 spiro atoms. The third-order valence-electron chi connectivity index (χ3n) is 3.04. The standard InChI is InChI=1S/C18H18O5/c1-21-16-9-7-14(8-10-16)12-23-18(20)11-15(19)13-22-17-5-3-2-4-6-17/h2-10H,11-13H2,1H3. The largest absolute Gasteiger partial charge is 0.497 e. The number of rotatable bonds is 8. The third-order valence-corrected chi connectivity index (χ3v) is 3.04. The summed E-state index contributed by atoms with van der Waals surface area (Å²) >= 11 is 0. The number of ether oxygens (including phenoxy) is 3. The number of ketones is 1. The number of hydrogen-bond donors (Lipinski definition) is 0. The average Bonchev–Trinajstić information content (AvgIpc) is 2.59. The van der Waals surface area contributed by atoms with Gasteiger partial charge in [-0.2, -0.15) is 0 Å². The average molecular weight is 314 g/mol. The first kappa shape index (κ1) is 16.5. The molecule has 5 heteroatoms. The number of Topliss-reactive ketones (excluding diaryl/α,β-unsaturated/α-hetero) is 1. The Hall–Kier alpha value is -2.82. The zero-order valence-electron chi connectivity index (χ0n) is 12.9. The van der Waals surface area contributed by atoms with Crippen molar-refractivity contribution in [2.24, 2.45) is 0 Å². The molecule has 2 aromatic rings. The lowest BCUT2D eigenvalue weighted by Gasteiger charge is -2.07. The van der Waals surface area contributed by atoms with Crippen LogP contribution in [0.2, 0.25) is 0 Å². The monoisotopic (exact) mass is 314 g/mol. The SMILES string of the molecule is COc1ccc(COC(=O)CC(=O)COc2ccccc2)cc1. The molecule has 2 rings (SSSR count). The molecule has 0 fully saturated rings. The summed E-state index contributed by atoms with van der Waals surface area (Å²) in [6, 6.07) is 16.1.